The molecule has 0 aromatic heterocycles. The summed E-state index contributed by atoms with van der Waals surface area (Å²) >= 11 is 0. The van der Waals surface area contributed by atoms with Crippen LogP contribution in [0.1, 0.15) is 52.9 Å². The van der Waals surface area contributed by atoms with Gasteiger partial charge in [-0.25, -0.2) is 5.01 Å². The summed E-state index contributed by atoms with van der Waals surface area (Å²) in [6.45, 7) is 8.63. The van der Waals surface area contributed by atoms with Crippen LogP contribution in [0.3, 0.4) is 0 Å². The van der Waals surface area contributed by atoms with E-state index in [2.05, 4.69) is 60.2 Å². The Balaban J connectivity index is 1.55. The van der Waals surface area contributed by atoms with Crippen LogP contribution in [0, 0.1) is 0 Å². The second kappa shape index (κ2) is 9.14. The zero-order valence-electron chi connectivity index (χ0n) is 22.6. The first-order valence-corrected chi connectivity index (χ1v) is 14.0. The number of fused-ring (bicyclic) bond motifs is 7. The van der Waals surface area contributed by atoms with E-state index >= 15 is 0 Å². The first-order chi connectivity index (χ1) is 19.1. The van der Waals surface area contributed by atoms with Gasteiger partial charge in [0.15, 0.2) is 0 Å². The highest BCUT2D eigenvalue weighted by atomic mass is 16.5. The Kier molecular flexibility index (Phi) is 5.68. The van der Waals surface area contributed by atoms with E-state index in [1.165, 1.54) is 5.56 Å². The number of hydrogen-bond donors (Lipinski definition) is 1. The molecule has 2 N–H and O–H groups in total. The number of ether oxygens (including phenoxy) is 2. The van der Waals surface area contributed by atoms with Gasteiger partial charge in [-0.15, -0.1) is 0 Å². The maximum absolute atomic E-state index is 14.4. The van der Waals surface area contributed by atoms with Crippen molar-refractivity contribution in [2.75, 3.05) is 50.0 Å². The Labute approximate surface area is 229 Å². The number of rotatable bonds is 4. The number of morpholine rings is 1. The number of benzene rings is 3. The average molecular weight is 523 g/mol. The highest BCUT2D eigenvalue weighted by molar-refractivity contribution is 6.02. The maximum Gasteiger partial charge on any atom is 0.270 e. The lowest BCUT2D eigenvalue weighted by atomic mass is 9.70. The van der Waals surface area contributed by atoms with Gasteiger partial charge in [0.2, 0.25) is 0 Å². The first kappa shape index (κ1) is 24.2. The van der Waals surface area contributed by atoms with E-state index in [0.717, 1.165) is 76.6 Å². The molecule has 1 saturated heterocycles. The number of nitrogens with two attached hydrogens (primary N) is 1. The van der Waals surface area contributed by atoms with Crippen molar-refractivity contribution in [3.63, 3.8) is 0 Å². The largest absolute Gasteiger partial charge is 0.456 e. The van der Waals surface area contributed by atoms with Crippen molar-refractivity contribution in [2.24, 2.45) is 0 Å². The van der Waals surface area contributed by atoms with Gasteiger partial charge in [-0.3, -0.25) is 9.80 Å². The molecule has 7 rings (SSSR count). The van der Waals surface area contributed by atoms with Crippen molar-refractivity contribution < 1.29 is 14.3 Å². The van der Waals surface area contributed by atoms with Gasteiger partial charge in [-0.05, 0) is 62.6 Å². The normalized spacial score (nSPS) is 21.8. The number of nitrogen functional groups attached to an aromatic ring is 1. The second-order valence-corrected chi connectivity index (χ2v) is 10.6. The third kappa shape index (κ3) is 3.39. The van der Waals surface area contributed by atoms with E-state index in [0.29, 0.717) is 26.3 Å². The average Bonchev–Trinajstić information content (AvgIpc) is 3.22. The lowest BCUT2D eigenvalue weighted by molar-refractivity contribution is -0.0984. The lowest BCUT2D eigenvalue weighted by Gasteiger charge is -2.51. The van der Waals surface area contributed by atoms with Gasteiger partial charge < -0.3 is 20.1 Å². The van der Waals surface area contributed by atoms with Crippen LogP contribution in [0.5, 0.6) is 5.75 Å². The fourth-order valence-corrected chi connectivity index (χ4v) is 7.00. The molecular weight excluding hydrogens is 488 g/mol. The van der Waals surface area contributed by atoms with Gasteiger partial charge >= 0.3 is 0 Å². The summed E-state index contributed by atoms with van der Waals surface area (Å²) in [5.41, 5.74) is 13.4. The van der Waals surface area contributed by atoms with E-state index in [-0.39, 0.29) is 5.91 Å². The molecule has 0 saturated carbocycles. The molecule has 0 radical (unpaired) electrons. The predicted octanol–water partition coefficient (Wildman–Crippen LogP) is 4.81. The van der Waals surface area contributed by atoms with E-state index < -0.39 is 5.54 Å². The summed E-state index contributed by atoms with van der Waals surface area (Å²) in [4.78, 5) is 16.7. The van der Waals surface area contributed by atoms with Crippen LogP contribution < -0.4 is 15.4 Å². The van der Waals surface area contributed by atoms with Crippen LogP contribution >= 0.6 is 0 Å². The van der Waals surface area contributed by atoms with E-state index in [1.807, 2.05) is 29.3 Å². The smallest absolute Gasteiger partial charge is 0.270 e. The number of anilines is 2. The molecule has 4 aliphatic rings. The van der Waals surface area contributed by atoms with Crippen molar-refractivity contribution in [3.8, 4) is 5.75 Å². The molecular formula is C32H34N4O3. The first-order valence-electron chi connectivity index (χ1n) is 14.0. The molecule has 3 aliphatic heterocycles. The zero-order valence-corrected chi connectivity index (χ0v) is 22.6. The van der Waals surface area contributed by atoms with Crippen LogP contribution in [0.2, 0.25) is 0 Å². The highest BCUT2D eigenvalue weighted by Crippen LogP contribution is 2.59. The molecule has 3 aromatic carbocycles. The molecule has 3 aromatic rings. The fourth-order valence-electron chi connectivity index (χ4n) is 7.00. The van der Waals surface area contributed by atoms with Gasteiger partial charge in [0.1, 0.15) is 17.0 Å². The molecule has 1 atom stereocenters. The third-order valence-electron chi connectivity index (χ3n) is 8.75. The molecule has 1 spiro atoms. The molecule has 1 amide bonds. The Morgan fingerprint density at radius 2 is 1.72 bits per heavy atom. The summed E-state index contributed by atoms with van der Waals surface area (Å²) < 4.78 is 12.6. The number of carbonyl (C=O) groups excluding carboxylic acids is 1. The molecule has 1 unspecified atom stereocenters. The lowest BCUT2D eigenvalue weighted by Crippen LogP contribution is -2.59. The van der Waals surface area contributed by atoms with Crippen molar-refractivity contribution in [1.82, 2.24) is 10.0 Å². The van der Waals surface area contributed by atoms with Gasteiger partial charge in [-0.1, -0.05) is 24.3 Å². The minimum absolute atomic E-state index is 0.0307. The molecule has 1 fully saturated rings. The number of hydrogen-bond acceptors (Lipinski definition) is 6. The van der Waals surface area contributed by atoms with Gasteiger partial charge in [0, 0.05) is 71.4 Å². The predicted molar refractivity (Wildman–Crippen MR) is 153 cm³/mol. The second-order valence-electron chi connectivity index (χ2n) is 10.6. The van der Waals surface area contributed by atoms with Crippen LogP contribution in [-0.4, -0.2) is 55.3 Å². The Hall–Kier alpha value is -3.81. The van der Waals surface area contributed by atoms with Gasteiger partial charge in [0.25, 0.3) is 5.91 Å². The highest BCUT2D eigenvalue weighted by Gasteiger charge is 2.59. The molecule has 1 aliphatic carbocycles. The van der Waals surface area contributed by atoms with E-state index in [9.17, 15) is 4.79 Å². The van der Waals surface area contributed by atoms with Crippen molar-refractivity contribution in [3.05, 3.63) is 94.1 Å². The van der Waals surface area contributed by atoms with Crippen molar-refractivity contribution in [2.45, 2.75) is 32.2 Å². The number of amides is 1. The number of aryl methyl sites for hydroxylation is 1. The summed E-state index contributed by atoms with van der Waals surface area (Å²) in [7, 11) is 0. The minimum atomic E-state index is -0.797. The molecule has 39 heavy (non-hydrogen) atoms. The van der Waals surface area contributed by atoms with Gasteiger partial charge in [0.05, 0.1) is 13.2 Å². The molecule has 0 bridgehead atoms. The Morgan fingerprint density at radius 1 is 0.923 bits per heavy atom. The van der Waals surface area contributed by atoms with Crippen molar-refractivity contribution in [1.29, 1.82) is 0 Å². The fraction of sp³-hybridized carbons (Fsp3) is 0.344. The van der Waals surface area contributed by atoms with Crippen molar-refractivity contribution >= 4 is 23.0 Å². The summed E-state index contributed by atoms with van der Waals surface area (Å²) in [6.07, 6.45) is 1.61. The zero-order chi connectivity index (χ0) is 26.7. The quantitative estimate of drug-likeness (QED) is 0.496. The third-order valence-corrected chi connectivity index (χ3v) is 8.75. The molecule has 3 heterocycles. The Morgan fingerprint density at radius 3 is 2.51 bits per heavy atom. The number of hydrazine groups is 1. The van der Waals surface area contributed by atoms with E-state index in [1.54, 1.807) is 0 Å². The summed E-state index contributed by atoms with van der Waals surface area (Å²) in [6, 6.07) is 20.7. The van der Waals surface area contributed by atoms with Crippen LogP contribution in [0.25, 0.3) is 5.76 Å². The van der Waals surface area contributed by atoms with Crippen LogP contribution in [0.4, 0.5) is 11.4 Å². The minimum Gasteiger partial charge on any atom is -0.456 e. The van der Waals surface area contributed by atoms with Gasteiger partial charge in [-0.2, -0.15) is 0 Å². The van der Waals surface area contributed by atoms with Crippen LogP contribution in [0.15, 0.2) is 66.2 Å². The summed E-state index contributed by atoms with van der Waals surface area (Å²) in [5.74, 6) is 1.68. The topological polar surface area (TPSA) is 71.3 Å². The van der Waals surface area contributed by atoms with Crippen LogP contribution in [-0.2, 0) is 16.7 Å². The standard InChI is InChI=1S/C32H34N4O3/c1-3-34(4-2)23-11-14-27-29(20-23)39-30-24-12-10-22(33)19-21(24)9-13-28(30)32(27)26-8-6-5-7-25(26)31(37)36(32)35-15-17-38-18-16-35/h5-8,10-12,14,19-20H,3-4,9,13,15-18,33H2,1-2H3. The number of carbonyl (C=O) groups is 1. The molecule has 7 nitrogen and oxygen atoms in total. The molecule has 200 valence electrons. The summed E-state index contributed by atoms with van der Waals surface area (Å²) in [5, 5.41) is 4.23. The SMILES string of the molecule is CCN(CC)c1ccc2c(c1)OC1=C(CCc3cc(N)ccc31)C21c2ccccc2C(=O)N1N1CCOCC1. The monoisotopic (exact) mass is 522 g/mol. The Bertz CT molecular complexity index is 1500. The van der Waals surface area contributed by atoms with E-state index in [4.69, 9.17) is 15.2 Å². The molecule has 7 heteroatoms. The number of nitrogens with zero attached hydrogens (tertiary/aromatic N) is 3. The maximum atomic E-state index is 14.4.